The van der Waals surface area contributed by atoms with Crippen LogP contribution in [-0.2, 0) is 24.2 Å². The van der Waals surface area contributed by atoms with Crippen molar-refractivity contribution in [3.05, 3.63) is 23.2 Å². The van der Waals surface area contributed by atoms with Gasteiger partial charge < -0.3 is 20.5 Å². The summed E-state index contributed by atoms with van der Waals surface area (Å²) >= 11 is 6.44. The lowest BCUT2D eigenvalue weighted by molar-refractivity contribution is -0.159. The van der Waals surface area contributed by atoms with Gasteiger partial charge in [-0.3, -0.25) is 9.59 Å². The van der Waals surface area contributed by atoms with Gasteiger partial charge in [0, 0.05) is 31.8 Å². The van der Waals surface area contributed by atoms with Crippen LogP contribution in [0.1, 0.15) is 38.5 Å². The maximum Gasteiger partial charge on any atom is 0.312 e. The van der Waals surface area contributed by atoms with Crippen molar-refractivity contribution in [3.63, 3.8) is 0 Å². The molecule has 2 unspecified atom stereocenters. The first-order chi connectivity index (χ1) is 16.0. The number of primary amides is 1. The van der Waals surface area contributed by atoms with Crippen molar-refractivity contribution in [2.75, 3.05) is 25.1 Å². The number of rotatable bonds is 7. The minimum atomic E-state index is -4.03. The van der Waals surface area contributed by atoms with Crippen molar-refractivity contribution in [3.8, 4) is 6.07 Å². The van der Waals surface area contributed by atoms with E-state index in [1.807, 2.05) is 6.07 Å². The first-order valence-electron chi connectivity index (χ1n) is 11.3. The molecule has 34 heavy (non-hydrogen) atoms. The number of hydrogen-bond acceptors (Lipinski definition) is 7. The Bertz CT molecular complexity index is 1160. The summed E-state index contributed by atoms with van der Waals surface area (Å²) in [5.74, 6) is -3.13. The highest BCUT2D eigenvalue weighted by molar-refractivity contribution is 7.92. The minimum absolute atomic E-state index is 0.0386. The molecule has 3 aliphatic rings. The molecule has 3 fully saturated rings. The van der Waals surface area contributed by atoms with Crippen LogP contribution in [0.4, 0.5) is 5.69 Å². The van der Waals surface area contributed by atoms with E-state index < -0.39 is 49.8 Å². The van der Waals surface area contributed by atoms with Gasteiger partial charge >= 0.3 is 5.97 Å². The summed E-state index contributed by atoms with van der Waals surface area (Å²) in [5, 5.41) is 18.8. The first-order valence-corrected chi connectivity index (χ1v) is 13.2. The number of hydrogen-bond donors (Lipinski definition) is 2. The molecule has 11 heteroatoms. The van der Waals surface area contributed by atoms with Gasteiger partial charge in [0.25, 0.3) is 0 Å². The molecule has 0 aromatic heterocycles. The SMILES string of the molecule is CO[C@H]1C[C@@H](S(=O)(=O)c2ccc(N3CCCCC3)cc2Cl)C[C@]1(C(=O)O)C1CC1(C#N)C(N)=O. The largest absolute Gasteiger partial charge is 0.481 e. The summed E-state index contributed by atoms with van der Waals surface area (Å²) in [6.07, 6.45) is 1.85. The molecule has 1 saturated heterocycles. The van der Waals surface area contributed by atoms with Crippen molar-refractivity contribution < 1.29 is 27.9 Å². The van der Waals surface area contributed by atoms with Gasteiger partial charge in [-0.1, -0.05) is 11.6 Å². The van der Waals surface area contributed by atoms with Crippen LogP contribution in [0.2, 0.25) is 5.02 Å². The van der Waals surface area contributed by atoms with E-state index in [9.17, 15) is 28.4 Å². The van der Waals surface area contributed by atoms with Crippen molar-refractivity contribution in [2.24, 2.45) is 22.5 Å². The summed E-state index contributed by atoms with van der Waals surface area (Å²) in [6.45, 7) is 1.76. The number of carboxylic acid groups (broad SMARTS) is 1. The zero-order chi connectivity index (χ0) is 24.9. The van der Waals surface area contributed by atoms with Gasteiger partial charge in [0.05, 0.1) is 27.3 Å². The van der Waals surface area contributed by atoms with Gasteiger partial charge in [-0.2, -0.15) is 5.26 Å². The highest BCUT2D eigenvalue weighted by Crippen LogP contribution is 2.66. The molecule has 1 heterocycles. The van der Waals surface area contributed by atoms with Crippen LogP contribution in [-0.4, -0.2) is 57.0 Å². The highest BCUT2D eigenvalue weighted by Gasteiger charge is 2.75. The number of amides is 1. The van der Waals surface area contributed by atoms with Crippen molar-refractivity contribution in [1.29, 1.82) is 5.26 Å². The predicted molar refractivity (Wildman–Crippen MR) is 124 cm³/mol. The topological polar surface area (TPSA) is 151 Å². The van der Waals surface area contributed by atoms with Gasteiger partial charge in [0.2, 0.25) is 5.91 Å². The Morgan fingerprint density at radius 3 is 2.44 bits per heavy atom. The van der Waals surface area contributed by atoms with E-state index in [4.69, 9.17) is 22.1 Å². The molecule has 0 bridgehead atoms. The second kappa shape index (κ2) is 8.70. The second-order valence-electron chi connectivity index (χ2n) is 9.54. The van der Waals surface area contributed by atoms with E-state index in [0.717, 1.165) is 38.0 Å². The number of carbonyl (C=O) groups is 2. The van der Waals surface area contributed by atoms with Gasteiger partial charge in [0.1, 0.15) is 10.8 Å². The third-order valence-electron chi connectivity index (χ3n) is 7.90. The van der Waals surface area contributed by atoms with Gasteiger partial charge in [-0.15, -0.1) is 0 Å². The maximum absolute atomic E-state index is 13.6. The number of piperidine rings is 1. The van der Waals surface area contributed by atoms with Crippen LogP contribution in [0, 0.1) is 28.1 Å². The standard InChI is InChI=1S/C23H28ClN3O6S/c1-33-19-10-15(11-23(19,21(29)30)18-12-22(18,13-25)20(26)28)34(31,32)17-6-5-14(9-16(17)24)27-7-3-2-4-8-27/h5-6,9,15,18-19H,2-4,7-8,10-12H2,1H3,(H2,26,28)(H,29,30)/t15-,18?,19+,22?,23+/m1/s1. The van der Waals surface area contributed by atoms with E-state index in [1.54, 1.807) is 12.1 Å². The highest BCUT2D eigenvalue weighted by atomic mass is 35.5. The van der Waals surface area contributed by atoms with Crippen LogP contribution in [0.15, 0.2) is 23.1 Å². The number of nitrogens with zero attached hydrogens (tertiary/aromatic N) is 2. The quantitative estimate of drug-likeness (QED) is 0.568. The Hall–Kier alpha value is -2.35. The monoisotopic (exact) mass is 509 g/mol. The van der Waals surface area contributed by atoms with E-state index in [-0.39, 0.29) is 29.2 Å². The number of methoxy groups -OCH3 is 1. The third kappa shape index (κ3) is 3.65. The third-order valence-corrected chi connectivity index (χ3v) is 10.5. The number of nitriles is 1. The number of ether oxygens (including phenoxy) is 1. The average Bonchev–Trinajstić information content (AvgIpc) is 3.44. The Morgan fingerprint density at radius 1 is 1.26 bits per heavy atom. The molecule has 1 amide bonds. The average molecular weight is 510 g/mol. The van der Waals surface area contributed by atoms with Crippen LogP contribution < -0.4 is 10.6 Å². The minimum Gasteiger partial charge on any atom is -0.481 e. The van der Waals surface area contributed by atoms with Crippen molar-refractivity contribution in [1.82, 2.24) is 0 Å². The van der Waals surface area contributed by atoms with E-state index in [2.05, 4.69) is 4.90 Å². The molecule has 4 rings (SSSR count). The van der Waals surface area contributed by atoms with Gasteiger partial charge in [0.15, 0.2) is 9.84 Å². The molecule has 3 N–H and O–H groups in total. The Labute approximate surface area is 203 Å². The molecule has 1 aromatic rings. The lowest BCUT2D eigenvalue weighted by atomic mass is 9.75. The van der Waals surface area contributed by atoms with Gasteiger partial charge in [-0.05, 0) is 56.7 Å². The molecule has 2 saturated carbocycles. The molecular weight excluding hydrogens is 482 g/mol. The number of anilines is 1. The number of sulfone groups is 1. The molecule has 0 radical (unpaired) electrons. The summed E-state index contributed by atoms with van der Waals surface area (Å²) in [7, 11) is -2.72. The normalized spacial score (nSPS) is 33.3. The number of aliphatic carboxylic acids is 1. The number of benzene rings is 1. The molecule has 2 aliphatic carbocycles. The fourth-order valence-electron chi connectivity index (χ4n) is 5.91. The number of carbonyl (C=O) groups excluding carboxylic acids is 1. The Morgan fingerprint density at radius 2 is 1.94 bits per heavy atom. The second-order valence-corrected chi connectivity index (χ2v) is 12.1. The fraction of sp³-hybridized carbons (Fsp3) is 0.609. The molecule has 1 aromatic carbocycles. The van der Waals surface area contributed by atoms with E-state index in [1.165, 1.54) is 13.2 Å². The number of carboxylic acids is 1. The summed E-state index contributed by atoms with van der Waals surface area (Å²) < 4.78 is 32.7. The van der Waals surface area contributed by atoms with Crippen molar-refractivity contribution >= 4 is 39.0 Å². The lowest BCUT2D eigenvalue weighted by Gasteiger charge is -2.31. The van der Waals surface area contributed by atoms with Crippen LogP contribution >= 0.6 is 11.6 Å². The smallest absolute Gasteiger partial charge is 0.312 e. The van der Waals surface area contributed by atoms with E-state index >= 15 is 0 Å². The molecule has 1 aliphatic heterocycles. The zero-order valence-corrected chi connectivity index (χ0v) is 20.4. The molecule has 5 atom stereocenters. The van der Waals surface area contributed by atoms with Gasteiger partial charge in [-0.25, -0.2) is 8.42 Å². The molecule has 0 spiro atoms. The van der Waals surface area contributed by atoms with Crippen molar-refractivity contribution in [2.45, 2.75) is 54.8 Å². The summed E-state index contributed by atoms with van der Waals surface area (Å²) in [6, 6.07) is 6.71. The predicted octanol–water partition coefficient (Wildman–Crippen LogP) is 2.37. The summed E-state index contributed by atoms with van der Waals surface area (Å²) in [4.78, 5) is 26.6. The first kappa shape index (κ1) is 24.8. The molecular formula is C23H28ClN3O6S. The van der Waals surface area contributed by atoms with Crippen LogP contribution in [0.3, 0.4) is 0 Å². The molecule has 184 valence electrons. The van der Waals surface area contributed by atoms with Crippen LogP contribution in [0.5, 0.6) is 0 Å². The number of halogens is 1. The fourth-order valence-corrected chi connectivity index (χ4v) is 8.28. The summed E-state index contributed by atoms with van der Waals surface area (Å²) in [5.41, 5.74) is 2.91. The Kier molecular flexibility index (Phi) is 6.34. The zero-order valence-electron chi connectivity index (χ0n) is 18.9. The number of nitrogens with two attached hydrogens (primary N) is 1. The lowest BCUT2D eigenvalue weighted by Crippen LogP contribution is -2.44. The van der Waals surface area contributed by atoms with E-state index in [0.29, 0.717) is 0 Å². The molecule has 9 nitrogen and oxygen atoms in total. The Balaban J connectivity index is 1.67. The van der Waals surface area contributed by atoms with Crippen LogP contribution in [0.25, 0.3) is 0 Å². The maximum atomic E-state index is 13.6.